The van der Waals surface area contributed by atoms with Crippen LogP contribution in [0.2, 0.25) is 0 Å². The van der Waals surface area contributed by atoms with E-state index in [9.17, 15) is 30.9 Å². The molecule has 200 valence electrons. The lowest BCUT2D eigenvalue weighted by Gasteiger charge is -2.63. The summed E-state index contributed by atoms with van der Waals surface area (Å²) < 4.78 is 94.0. The minimum Gasteiger partial charge on any atom is -0.743 e. The topological polar surface area (TPSA) is 102 Å². The van der Waals surface area contributed by atoms with Gasteiger partial charge in [0, 0.05) is 31.0 Å². The predicted octanol–water partition coefficient (Wildman–Crippen LogP) is 5.34. The predicted molar refractivity (Wildman–Crippen MR) is 144 cm³/mol. The maximum atomic E-state index is 13.8. The Bertz CT molecular complexity index is 1200. The second-order valence-corrected chi connectivity index (χ2v) is 15.0. The molecule has 4 bridgehead atoms. The lowest BCUT2D eigenvalue weighted by molar-refractivity contribution is -0.326. The SMILES string of the molecule is O=C(OCCC(F)C(F)(F)S(=O)(=O)[O-])C12CC3CC(C1)C1(OCc4c(I)c(I)cc(I)c4O1)C(C3)C2. The van der Waals surface area contributed by atoms with Gasteiger partial charge in [-0.1, -0.05) is 0 Å². The molecular weight excluding hydrogens is 846 g/mol. The molecule has 0 N–H and O–H groups in total. The van der Waals surface area contributed by atoms with Crippen molar-refractivity contribution < 1.29 is 45.1 Å². The first-order chi connectivity index (χ1) is 16.7. The van der Waals surface area contributed by atoms with E-state index in [4.69, 9.17) is 14.2 Å². The normalized spacial score (nSPS) is 33.8. The Kier molecular flexibility index (Phi) is 7.34. The molecule has 3 unspecified atom stereocenters. The molecule has 4 fully saturated rings. The Balaban J connectivity index is 1.30. The van der Waals surface area contributed by atoms with Crippen LogP contribution in [0.15, 0.2) is 6.07 Å². The Morgan fingerprint density at radius 3 is 2.44 bits per heavy atom. The van der Waals surface area contributed by atoms with Crippen molar-refractivity contribution in [2.75, 3.05) is 6.61 Å². The maximum absolute atomic E-state index is 13.8. The fourth-order valence-electron chi connectivity index (χ4n) is 6.55. The number of esters is 1. The van der Waals surface area contributed by atoms with E-state index in [1.807, 2.05) is 0 Å². The minimum absolute atomic E-state index is 0.0685. The molecule has 4 aliphatic carbocycles. The molecular formula is C22H21F3I3O7S-. The number of hydrogen-bond acceptors (Lipinski definition) is 7. The molecule has 6 rings (SSSR count). The Hall–Kier alpha value is 0.340. The van der Waals surface area contributed by atoms with Crippen molar-refractivity contribution in [2.45, 2.75) is 62.3 Å². The van der Waals surface area contributed by atoms with Crippen LogP contribution >= 0.6 is 67.8 Å². The molecule has 5 aliphatic rings. The summed E-state index contributed by atoms with van der Waals surface area (Å²) in [5.74, 6) is -0.514. The van der Waals surface area contributed by atoms with Crippen LogP contribution in [0, 0.1) is 33.9 Å². The molecule has 1 aliphatic heterocycles. The van der Waals surface area contributed by atoms with Crippen molar-refractivity contribution >= 4 is 83.9 Å². The average molecular weight is 867 g/mol. The van der Waals surface area contributed by atoms with Crippen LogP contribution in [-0.4, -0.2) is 42.8 Å². The van der Waals surface area contributed by atoms with Gasteiger partial charge in [-0.15, -0.1) is 0 Å². The summed E-state index contributed by atoms with van der Waals surface area (Å²) in [5.41, 5.74) is 0.166. The maximum Gasteiger partial charge on any atom is 0.364 e. The van der Waals surface area contributed by atoms with Crippen LogP contribution in [-0.2, 0) is 31.0 Å². The van der Waals surface area contributed by atoms with E-state index in [-0.39, 0.29) is 17.8 Å². The number of alkyl halides is 3. The number of ether oxygens (including phenoxy) is 3. The highest BCUT2D eigenvalue weighted by Gasteiger charge is 2.68. The van der Waals surface area contributed by atoms with E-state index in [0.29, 0.717) is 25.9 Å². The molecule has 4 saturated carbocycles. The largest absolute Gasteiger partial charge is 0.743 e. The van der Waals surface area contributed by atoms with Gasteiger partial charge < -0.3 is 18.8 Å². The van der Waals surface area contributed by atoms with Gasteiger partial charge in [0.1, 0.15) is 5.75 Å². The Morgan fingerprint density at radius 1 is 1.19 bits per heavy atom. The lowest BCUT2D eigenvalue weighted by atomic mass is 9.47. The fraction of sp³-hybridized carbons (Fsp3) is 0.682. The third-order valence-corrected chi connectivity index (χ3v) is 12.8. The molecule has 1 aromatic rings. The third kappa shape index (κ3) is 4.38. The summed E-state index contributed by atoms with van der Waals surface area (Å²) in [5, 5.41) is -5.08. The number of carbonyl (C=O) groups is 1. The zero-order valence-corrected chi connectivity index (χ0v) is 25.9. The van der Waals surface area contributed by atoms with Crippen LogP contribution in [0.1, 0.15) is 44.1 Å². The molecule has 1 aromatic carbocycles. The average Bonchev–Trinajstić information content (AvgIpc) is 2.79. The van der Waals surface area contributed by atoms with E-state index in [1.165, 1.54) is 0 Å². The number of halogens is 6. The second kappa shape index (κ2) is 9.47. The summed E-state index contributed by atoms with van der Waals surface area (Å²) in [7, 11) is -6.16. The summed E-state index contributed by atoms with van der Waals surface area (Å²) in [6, 6.07) is 2.06. The molecule has 0 saturated heterocycles. The van der Waals surface area contributed by atoms with Gasteiger partial charge in [0.2, 0.25) is 5.79 Å². The summed E-state index contributed by atoms with van der Waals surface area (Å²) in [6.45, 7) is -0.335. The van der Waals surface area contributed by atoms with Crippen molar-refractivity contribution in [2.24, 2.45) is 23.2 Å². The molecule has 0 aromatic heterocycles. The third-order valence-electron chi connectivity index (χ3n) is 7.99. The number of benzene rings is 1. The van der Waals surface area contributed by atoms with E-state index >= 15 is 0 Å². The van der Waals surface area contributed by atoms with Gasteiger partial charge in [-0.2, -0.15) is 8.78 Å². The van der Waals surface area contributed by atoms with Gasteiger partial charge in [0.25, 0.3) is 0 Å². The number of rotatable bonds is 6. The van der Waals surface area contributed by atoms with Crippen molar-refractivity contribution in [3.8, 4) is 5.75 Å². The summed E-state index contributed by atoms with van der Waals surface area (Å²) in [4.78, 5) is 13.1. The zero-order chi connectivity index (χ0) is 26.3. The van der Waals surface area contributed by atoms with Crippen LogP contribution in [0.5, 0.6) is 5.75 Å². The summed E-state index contributed by atoms with van der Waals surface area (Å²) in [6.07, 6.45) is -1.21. The van der Waals surface area contributed by atoms with Gasteiger partial charge in [0.15, 0.2) is 16.3 Å². The van der Waals surface area contributed by atoms with Crippen LogP contribution < -0.4 is 4.74 Å². The van der Waals surface area contributed by atoms with Gasteiger partial charge in [0.05, 0.1) is 22.2 Å². The van der Waals surface area contributed by atoms with Gasteiger partial charge in [-0.05, 0) is 112 Å². The monoisotopic (exact) mass is 867 g/mol. The van der Waals surface area contributed by atoms with Crippen LogP contribution in [0.3, 0.4) is 0 Å². The molecule has 14 heteroatoms. The van der Waals surface area contributed by atoms with E-state index in [2.05, 4.69) is 73.8 Å². The zero-order valence-electron chi connectivity index (χ0n) is 18.6. The molecule has 3 atom stereocenters. The van der Waals surface area contributed by atoms with E-state index in [0.717, 1.165) is 34.9 Å². The van der Waals surface area contributed by atoms with Gasteiger partial charge in [-0.3, -0.25) is 4.79 Å². The van der Waals surface area contributed by atoms with E-state index < -0.39 is 51.7 Å². The van der Waals surface area contributed by atoms with E-state index in [1.54, 1.807) is 0 Å². The minimum atomic E-state index is -6.16. The number of hydrogen-bond donors (Lipinski definition) is 0. The Morgan fingerprint density at radius 2 is 1.83 bits per heavy atom. The van der Waals surface area contributed by atoms with Crippen LogP contribution in [0.25, 0.3) is 0 Å². The smallest absolute Gasteiger partial charge is 0.364 e. The molecule has 1 spiro atoms. The molecule has 36 heavy (non-hydrogen) atoms. The quantitative estimate of drug-likeness (QED) is 0.165. The van der Waals surface area contributed by atoms with Gasteiger partial charge >= 0.3 is 11.2 Å². The highest BCUT2D eigenvalue weighted by molar-refractivity contribution is 14.1. The Labute approximate surface area is 247 Å². The molecule has 0 amide bonds. The van der Waals surface area contributed by atoms with Gasteiger partial charge in [-0.25, -0.2) is 12.8 Å². The van der Waals surface area contributed by atoms with Crippen molar-refractivity contribution in [1.82, 2.24) is 0 Å². The highest BCUT2D eigenvalue weighted by Crippen LogP contribution is 2.66. The molecule has 0 radical (unpaired) electrons. The van der Waals surface area contributed by atoms with Crippen molar-refractivity contribution in [1.29, 1.82) is 0 Å². The van der Waals surface area contributed by atoms with Crippen molar-refractivity contribution in [3.63, 3.8) is 0 Å². The standard InChI is InChI=1S/C22H22F3I3O7S/c23-16(22(24,25)36(30,31)32)1-2-33-19(29)20-6-10-3-11(7-20)21(12(4-10)8-20)34-9-13-17(28)14(26)5-15(27)18(13)35-21/h5,10-12,16H,1-4,6-9H2,(H,30,31,32)/p-1. The summed E-state index contributed by atoms with van der Waals surface area (Å²) >= 11 is 6.83. The van der Waals surface area contributed by atoms with Crippen LogP contribution in [0.4, 0.5) is 13.2 Å². The molecule has 7 nitrogen and oxygen atoms in total. The number of fused-ring (bicyclic) bond motifs is 1. The van der Waals surface area contributed by atoms with Crippen molar-refractivity contribution in [3.05, 3.63) is 22.3 Å². The fourth-order valence-corrected chi connectivity index (χ4v) is 9.52. The molecule has 1 heterocycles. The second-order valence-electron chi connectivity index (χ2n) is 10.1. The first-order valence-corrected chi connectivity index (χ1v) is 16.0. The first-order valence-electron chi connectivity index (χ1n) is 11.3. The lowest BCUT2D eigenvalue weighted by Crippen LogP contribution is -2.67. The highest BCUT2D eigenvalue weighted by atomic mass is 127. The first kappa shape index (κ1) is 27.9. The number of carbonyl (C=O) groups excluding carboxylic acids is 1.